The third-order valence-electron chi connectivity index (χ3n) is 2.45. The average Bonchev–Trinajstić information content (AvgIpc) is 2.67. The number of rotatable bonds is 9. The number of hydrogen-bond acceptors (Lipinski definition) is 5. The van der Waals surface area contributed by atoms with Crippen molar-refractivity contribution in [3.8, 4) is 0 Å². The molecule has 0 atom stereocenters. The van der Waals surface area contributed by atoms with E-state index in [1.54, 1.807) is 11.8 Å². The summed E-state index contributed by atoms with van der Waals surface area (Å²) in [5.74, 6) is 3.46. The molecule has 0 radical (unpaired) electrons. The predicted octanol–water partition coefficient (Wildman–Crippen LogP) is 2.53. The highest BCUT2D eigenvalue weighted by molar-refractivity contribution is 8.03. The van der Waals surface area contributed by atoms with Gasteiger partial charge >= 0.3 is 5.97 Å². The lowest BCUT2D eigenvalue weighted by Gasteiger charge is -2.04. The van der Waals surface area contributed by atoms with Crippen molar-refractivity contribution in [2.45, 2.75) is 27.3 Å². The summed E-state index contributed by atoms with van der Waals surface area (Å²) in [5.41, 5.74) is 2.29. The molecule has 0 bridgehead atoms. The van der Waals surface area contributed by atoms with E-state index in [0.717, 1.165) is 29.5 Å². The summed E-state index contributed by atoms with van der Waals surface area (Å²) in [6.45, 7) is 7.35. The molecular weight excluding hydrogens is 280 g/mol. The number of hydrogen-bond donors (Lipinski definition) is 0. The fourth-order valence-electron chi connectivity index (χ4n) is 1.63. The van der Waals surface area contributed by atoms with Crippen LogP contribution in [0.25, 0.3) is 0 Å². The number of aromatic nitrogens is 2. The van der Waals surface area contributed by atoms with Crippen molar-refractivity contribution in [2.24, 2.45) is 0 Å². The van der Waals surface area contributed by atoms with E-state index in [1.807, 2.05) is 30.3 Å². The van der Waals surface area contributed by atoms with Gasteiger partial charge in [0, 0.05) is 23.0 Å². The summed E-state index contributed by atoms with van der Waals surface area (Å²) < 4.78 is 6.91. The normalized spacial score (nSPS) is 10.7. The van der Waals surface area contributed by atoms with E-state index in [-0.39, 0.29) is 5.97 Å². The van der Waals surface area contributed by atoms with Gasteiger partial charge in [0.15, 0.2) is 0 Å². The number of aryl methyl sites for hydroxylation is 3. The summed E-state index contributed by atoms with van der Waals surface area (Å²) in [7, 11) is 0. The quantitative estimate of drug-likeness (QED) is 0.518. The van der Waals surface area contributed by atoms with E-state index in [2.05, 4.69) is 18.1 Å². The van der Waals surface area contributed by atoms with Gasteiger partial charge in [0.05, 0.1) is 24.6 Å². The maximum absolute atomic E-state index is 11.1. The molecule has 0 N–H and O–H groups in total. The fourth-order valence-corrected chi connectivity index (χ4v) is 3.47. The van der Waals surface area contributed by atoms with Crippen LogP contribution < -0.4 is 0 Å². The van der Waals surface area contributed by atoms with Crippen LogP contribution in [0.2, 0.25) is 0 Å². The van der Waals surface area contributed by atoms with E-state index in [0.29, 0.717) is 12.4 Å². The van der Waals surface area contributed by atoms with Crippen molar-refractivity contribution in [1.29, 1.82) is 0 Å². The Morgan fingerprint density at radius 3 is 2.68 bits per heavy atom. The van der Waals surface area contributed by atoms with E-state index in [1.165, 1.54) is 5.69 Å². The lowest BCUT2D eigenvalue weighted by Crippen LogP contribution is -2.08. The Bertz CT molecular complexity index is 394. The molecule has 1 aromatic rings. The second kappa shape index (κ2) is 9.31. The SMILES string of the molecule is CCOC(=O)CSCCSCCn1nc(C)cc1C. The largest absolute Gasteiger partial charge is 0.465 e. The van der Waals surface area contributed by atoms with E-state index in [4.69, 9.17) is 4.74 Å². The third-order valence-corrected chi connectivity index (χ3v) is 4.60. The first-order valence-electron chi connectivity index (χ1n) is 6.45. The Kier molecular flexibility index (Phi) is 8.05. The van der Waals surface area contributed by atoms with Crippen LogP contribution in [0.3, 0.4) is 0 Å². The van der Waals surface area contributed by atoms with Crippen LogP contribution in [-0.4, -0.2) is 45.4 Å². The number of carbonyl (C=O) groups excluding carboxylic acids is 1. The lowest BCUT2D eigenvalue weighted by atomic mass is 10.4. The minimum atomic E-state index is -0.111. The second-order valence-electron chi connectivity index (χ2n) is 4.12. The van der Waals surface area contributed by atoms with Crippen molar-refractivity contribution < 1.29 is 9.53 Å². The molecule has 0 aliphatic rings. The molecule has 1 rings (SSSR count). The molecule has 4 nitrogen and oxygen atoms in total. The van der Waals surface area contributed by atoms with Crippen LogP contribution in [0, 0.1) is 13.8 Å². The van der Waals surface area contributed by atoms with Gasteiger partial charge in [-0.25, -0.2) is 0 Å². The summed E-state index contributed by atoms with van der Waals surface area (Å²) in [6, 6.07) is 2.10. The molecule has 0 saturated carbocycles. The first kappa shape index (κ1) is 16.4. The Morgan fingerprint density at radius 2 is 2.05 bits per heavy atom. The molecule has 0 spiro atoms. The summed E-state index contributed by atoms with van der Waals surface area (Å²) in [4.78, 5) is 11.1. The van der Waals surface area contributed by atoms with E-state index in [9.17, 15) is 4.79 Å². The lowest BCUT2D eigenvalue weighted by molar-refractivity contribution is -0.139. The molecule has 0 unspecified atom stereocenters. The van der Waals surface area contributed by atoms with Crippen LogP contribution in [0.5, 0.6) is 0 Å². The zero-order chi connectivity index (χ0) is 14.1. The molecule has 1 aromatic heterocycles. The zero-order valence-corrected chi connectivity index (χ0v) is 13.5. The van der Waals surface area contributed by atoms with Gasteiger partial charge in [-0.15, -0.1) is 11.8 Å². The molecule has 0 fully saturated rings. The van der Waals surface area contributed by atoms with Crippen LogP contribution in [-0.2, 0) is 16.1 Å². The van der Waals surface area contributed by atoms with Crippen LogP contribution in [0.4, 0.5) is 0 Å². The van der Waals surface area contributed by atoms with Gasteiger partial charge in [-0.05, 0) is 26.8 Å². The maximum atomic E-state index is 11.1. The summed E-state index contributed by atoms with van der Waals surface area (Å²) in [6.07, 6.45) is 0. The van der Waals surface area contributed by atoms with E-state index < -0.39 is 0 Å². The molecule has 0 amide bonds. The molecule has 6 heteroatoms. The zero-order valence-electron chi connectivity index (χ0n) is 11.8. The predicted molar refractivity (Wildman–Crippen MR) is 83.0 cm³/mol. The van der Waals surface area contributed by atoms with Gasteiger partial charge < -0.3 is 4.74 Å². The Balaban J connectivity index is 2.00. The van der Waals surface area contributed by atoms with Crippen molar-refractivity contribution in [1.82, 2.24) is 9.78 Å². The highest BCUT2D eigenvalue weighted by Gasteiger charge is 2.02. The maximum Gasteiger partial charge on any atom is 0.315 e. The number of nitrogens with zero attached hydrogens (tertiary/aromatic N) is 2. The fraction of sp³-hybridized carbons (Fsp3) is 0.692. The van der Waals surface area contributed by atoms with Crippen molar-refractivity contribution in [3.63, 3.8) is 0 Å². The molecule has 108 valence electrons. The monoisotopic (exact) mass is 302 g/mol. The van der Waals surface area contributed by atoms with Crippen LogP contribution >= 0.6 is 23.5 Å². The molecular formula is C13H22N2O2S2. The third kappa shape index (κ3) is 6.92. The smallest absolute Gasteiger partial charge is 0.315 e. The van der Waals surface area contributed by atoms with Gasteiger partial charge in [-0.2, -0.15) is 16.9 Å². The van der Waals surface area contributed by atoms with Crippen LogP contribution in [0.1, 0.15) is 18.3 Å². The first-order valence-corrected chi connectivity index (χ1v) is 8.76. The molecule has 1 heterocycles. The number of ether oxygens (including phenoxy) is 1. The second-order valence-corrected chi connectivity index (χ2v) is 6.45. The highest BCUT2D eigenvalue weighted by Crippen LogP contribution is 2.09. The molecule has 0 aliphatic carbocycles. The topological polar surface area (TPSA) is 44.1 Å². The minimum absolute atomic E-state index is 0.111. The van der Waals surface area contributed by atoms with Gasteiger partial charge in [-0.1, -0.05) is 0 Å². The summed E-state index contributed by atoms with van der Waals surface area (Å²) in [5, 5.41) is 4.42. The minimum Gasteiger partial charge on any atom is -0.465 e. The highest BCUT2D eigenvalue weighted by atomic mass is 32.2. The Hall–Kier alpha value is -0.620. The molecule has 0 saturated heterocycles. The van der Waals surface area contributed by atoms with Crippen molar-refractivity contribution in [2.75, 3.05) is 29.6 Å². The number of thioether (sulfide) groups is 2. The van der Waals surface area contributed by atoms with Crippen molar-refractivity contribution >= 4 is 29.5 Å². The Morgan fingerprint density at radius 1 is 1.32 bits per heavy atom. The van der Waals surface area contributed by atoms with Gasteiger partial charge in [0.1, 0.15) is 0 Å². The average molecular weight is 302 g/mol. The van der Waals surface area contributed by atoms with Gasteiger partial charge in [0.25, 0.3) is 0 Å². The summed E-state index contributed by atoms with van der Waals surface area (Å²) >= 11 is 3.53. The molecule has 0 aromatic carbocycles. The Labute approximate surface area is 123 Å². The number of esters is 1. The number of carbonyl (C=O) groups is 1. The van der Waals surface area contributed by atoms with E-state index >= 15 is 0 Å². The standard InChI is InChI=1S/C13H22N2O2S2/c1-4-17-13(16)10-19-8-7-18-6-5-15-12(3)9-11(2)14-15/h9H,4-8,10H2,1-3H3. The van der Waals surface area contributed by atoms with Crippen LogP contribution in [0.15, 0.2) is 6.07 Å². The van der Waals surface area contributed by atoms with Crippen molar-refractivity contribution in [3.05, 3.63) is 17.5 Å². The first-order chi connectivity index (χ1) is 9.13. The van der Waals surface area contributed by atoms with Gasteiger partial charge in [-0.3, -0.25) is 9.48 Å². The van der Waals surface area contributed by atoms with Gasteiger partial charge in [0.2, 0.25) is 0 Å². The molecule has 0 aliphatic heterocycles. The molecule has 19 heavy (non-hydrogen) atoms.